The minimum absolute atomic E-state index is 0.185. The first-order valence-corrected chi connectivity index (χ1v) is 5.17. The summed E-state index contributed by atoms with van der Waals surface area (Å²) in [5, 5.41) is 7.09. The summed E-state index contributed by atoms with van der Waals surface area (Å²) in [5.74, 6) is 0. The molecule has 0 spiro atoms. The summed E-state index contributed by atoms with van der Waals surface area (Å²) in [4.78, 5) is 0. The molecule has 1 saturated carbocycles. The Balaban J connectivity index is 2.04. The average Bonchev–Trinajstić information content (AvgIpc) is 2.88. The Kier molecular flexibility index (Phi) is 1.63. The zero-order valence-corrected chi connectivity index (χ0v) is 8.40. The van der Waals surface area contributed by atoms with Gasteiger partial charge in [-0.3, -0.25) is 5.10 Å². The maximum absolute atomic E-state index is 5.69. The van der Waals surface area contributed by atoms with E-state index in [-0.39, 0.29) is 5.41 Å². The number of nitrogen functional groups attached to an aromatic ring is 1. The zero-order valence-electron chi connectivity index (χ0n) is 8.40. The second-order valence-electron chi connectivity index (χ2n) is 4.17. The summed E-state index contributed by atoms with van der Waals surface area (Å²) in [6, 6.07) is 10.2. The number of H-pyrrole nitrogens is 1. The number of rotatable bonds is 2. The molecule has 15 heavy (non-hydrogen) atoms. The molecule has 1 aromatic heterocycles. The number of benzene rings is 1. The average molecular weight is 199 g/mol. The Morgan fingerprint density at radius 1 is 1.13 bits per heavy atom. The van der Waals surface area contributed by atoms with Crippen molar-refractivity contribution in [1.82, 2.24) is 10.2 Å². The van der Waals surface area contributed by atoms with Crippen LogP contribution in [0.2, 0.25) is 0 Å². The number of aromatic amines is 1. The van der Waals surface area contributed by atoms with E-state index < -0.39 is 0 Å². The van der Waals surface area contributed by atoms with Crippen molar-refractivity contribution >= 4 is 5.69 Å². The summed E-state index contributed by atoms with van der Waals surface area (Å²) in [6.07, 6.45) is 4.20. The zero-order chi connectivity index (χ0) is 10.3. The largest absolute Gasteiger partial charge is 0.399 e. The minimum atomic E-state index is 0.185. The molecule has 0 atom stereocenters. The molecule has 1 aliphatic carbocycles. The Morgan fingerprint density at radius 3 is 2.40 bits per heavy atom. The number of aromatic nitrogens is 2. The smallest absolute Gasteiger partial charge is 0.0490 e. The number of nitrogens with two attached hydrogens (primary N) is 1. The second kappa shape index (κ2) is 2.86. The molecule has 1 fully saturated rings. The van der Waals surface area contributed by atoms with Crippen molar-refractivity contribution < 1.29 is 0 Å². The Hall–Kier alpha value is -1.77. The first-order valence-electron chi connectivity index (χ1n) is 5.17. The van der Waals surface area contributed by atoms with Crippen molar-refractivity contribution in [2.75, 3.05) is 5.73 Å². The molecule has 3 nitrogen and oxygen atoms in total. The topological polar surface area (TPSA) is 54.7 Å². The number of nitrogens with one attached hydrogen (secondary N) is 1. The standard InChI is InChI=1S/C12H13N3/c13-10-3-1-9(2-4-10)12(6-7-12)11-5-8-14-15-11/h1-5,8H,6-7,13H2,(H,14,15). The highest BCUT2D eigenvalue weighted by molar-refractivity contribution is 5.47. The third kappa shape index (κ3) is 1.23. The van der Waals surface area contributed by atoms with Gasteiger partial charge in [-0.15, -0.1) is 0 Å². The van der Waals surface area contributed by atoms with Gasteiger partial charge in [0.1, 0.15) is 0 Å². The van der Waals surface area contributed by atoms with E-state index in [4.69, 9.17) is 5.73 Å². The lowest BCUT2D eigenvalue weighted by Crippen LogP contribution is -2.09. The van der Waals surface area contributed by atoms with Crippen LogP contribution in [0.15, 0.2) is 36.5 Å². The van der Waals surface area contributed by atoms with Crippen LogP contribution in [0, 0.1) is 0 Å². The SMILES string of the molecule is Nc1ccc(C2(c3ccn[nH]3)CC2)cc1. The summed E-state index contributed by atoms with van der Waals surface area (Å²) in [6.45, 7) is 0. The van der Waals surface area contributed by atoms with Gasteiger partial charge in [-0.25, -0.2) is 0 Å². The van der Waals surface area contributed by atoms with Crippen molar-refractivity contribution in [2.24, 2.45) is 0 Å². The van der Waals surface area contributed by atoms with Crippen LogP contribution in [0.25, 0.3) is 0 Å². The van der Waals surface area contributed by atoms with Gasteiger partial charge in [0.2, 0.25) is 0 Å². The van der Waals surface area contributed by atoms with E-state index in [1.54, 1.807) is 0 Å². The highest BCUT2D eigenvalue weighted by atomic mass is 15.1. The van der Waals surface area contributed by atoms with Crippen molar-refractivity contribution in [3.05, 3.63) is 47.8 Å². The molecule has 3 N–H and O–H groups in total. The molecule has 3 rings (SSSR count). The molecule has 0 bridgehead atoms. The Labute approximate surface area is 88.3 Å². The van der Waals surface area contributed by atoms with Crippen LogP contribution in [0.5, 0.6) is 0 Å². The van der Waals surface area contributed by atoms with Crippen molar-refractivity contribution in [2.45, 2.75) is 18.3 Å². The molecule has 2 aromatic rings. The second-order valence-corrected chi connectivity index (χ2v) is 4.17. The van der Waals surface area contributed by atoms with Crippen LogP contribution in [0.4, 0.5) is 5.69 Å². The predicted octanol–water partition coefficient (Wildman–Crippen LogP) is 2.07. The molecule has 1 aliphatic rings. The molecule has 3 heteroatoms. The van der Waals surface area contributed by atoms with Crippen LogP contribution >= 0.6 is 0 Å². The van der Waals surface area contributed by atoms with Gasteiger partial charge in [0.05, 0.1) is 0 Å². The van der Waals surface area contributed by atoms with Gasteiger partial charge in [0.15, 0.2) is 0 Å². The molecule has 0 radical (unpaired) electrons. The molecule has 0 aliphatic heterocycles. The van der Waals surface area contributed by atoms with Crippen LogP contribution in [0.1, 0.15) is 24.1 Å². The predicted molar refractivity (Wildman–Crippen MR) is 59.5 cm³/mol. The summed E-state index contributed by atoms with van der Waals surface area (Å²) >= 11 is 0. The molecule has 0 saturated heterocycles. The highest BCUT2D eigenvalue weighted by Gasteiger charge is 2.46. The summed E-state index contributed by atoms with van der Waals surface area (Å²) in [5.41, 5.74) is 9.24. The minimum Gasteiger partial charge on any atom is -0.399 e. The summed E-state index contributed by atoms with van der Waals surface area (Å²) in [7, 11) is 0. The monoisotopic (exact) mass is 199 g/mol. The van der Waals surface area contributed by atoms with Crippen molar-refractivity contribution in [1.29, 1.82) is 0 Å². The van der Waals surface area contributed by atoms with Crippen LogP contribution in [-0.4, -0.2) is 10.2 Å². The van der Waals surface area contributed by atoms with Crippen LogP contribution in [0.3, 0.4) is 0 Å². The molecule has 0 amide bonds. The van der Waals surface area contributed by atoms with E-state index >= 15 is 0 Å². The van der Waals surface area contributed by atoms with E-state index in [1.165, 1.54) is 24.1 Å². The first-order chi connectivity index (χ1) is 7.31. The first kappa shape index (κ1) is 8.53. The Morgan fingerprint density at radius 2 is 1.87 bits per heavy atom. The number of anilines is 1. The van der Waals surface area contributed by atoms with Crippen molar-refractivity contribution in [3.8, 4) is 0 Å². The lowest BCUT2D eigenvalue weighted by molar-refractivity contribution is 0.792. The van der Waals surface area contributed by atoms with Gasteiger partial charge in [0, 0.05) is 23.0 Å². The lowest BCUT2D eigenvalue weighted by Gasteiger charge is -2.13. The molecular weight excluding hydrogens is 186 g/mol. The van der Waals surface area contributed by atoms with Crippen LogP contribution < -0.4 is 5.73 Å². The molecular formula is C12H13N3. The Bertz CT molecular complexity index is 452. The fraction of sp³-hybridized carbons (Fsp3) is 0.250. The third-order valence-electron chi connectivity index (χ3n) is 3.23. The number of hydrogen-bond donors (Lipinski definition) is 2. The quantitative estimate of drug-likeness (QED) is 0.727. The maximum atomic E-state index is 5.69. The molecule has 0 unspecified atom stereocenters. The molecule has 1 aromatic carbocycles. The third-order valence-corrected chi connectivity index (χ3v) is 3.23. The van der Waals surface area contributed by atoms with Gasteiger partial charge < -0.3 is 5.73 Å². The van der Waals surface area contributed by atoms with E-state index in [9.17, 15) is 0 Å². The highest BCUT2D eigenvalue weighted by Crippen LogP contribution is 2.52. The fourth-order valence-electron chi connectivity index (χ4n) is 2.16. The maximum Gasteiger partial charge on any atom is 0.0490 e. The normalized spacial score (nSPS) is 17.6. The van der Waals surface area contributed by atoms with Gasteiger partial charge >= 0.3 is 0 Å². The van der Waals surface area contributed by atoms with E-state index in [0.717, 1.165) is 5.69 Å². The molecule has 1 heterocycles. The van der Waals surface area contributed by atoms with Crippen LogP contribution in [-0.2, 0) is 5.41 Å². The lowest BCUT2D eigenvalue weighted by atomic mass is 9.92. The fourth-order valence-corrected chi connectivity index (χ4v) is 2.16. The van der Waals surface area contributed by atoms with Gasteiger partial charge in [-0.1, -0.05) is 12.1 Å². The summed E-state index contributed by atoms with van der Waals surface area (Å²) < 4.78 is 0. The van der Waals surface area contributed by atoms with E-state index in [2.05, 4.69) is 28.4 Å². The van der Waals surface area contributed by atoms with E-state index in [1.807, 2.05) is 18.3 Å². The molecule has 76 valence electrons. The van der Waals surface area contributed by atoms with E-state index in [0.29, 0.717) is 0 Å². The van der Waals surface area contributed by atoms with Gasteiger partial charge in [-0.2, -0.15) is 5.10 Å². The number of hydrogen-bond acceptors (Lipinski definition) is 2. The van der Waals surface area contributed by atoms with Gasteiger partial charge in [-0.05, 0) is 36.6 Å². The number of nitrogens with zero attached hydrogens (tertiary/aromatic N) is 1. The van der Waals surface area contributed by atoms with Gasteiger partial charge in [0.25, 0.3) is 0 Å². The van der Waals surface area contributed by atoms with Crippen molar-refractivity contribution in [3.63, 3.8) is 0 Å².